The molecule has 2 rings (SSSR count). The first kappa shape index (κ1) is 14.7. The Hall–Kier alpha value is -1.75. The number of hydrogen-bond donors (Lipinski definition) is 2. The van der Waals surface area contributed by atoms with E-state index < -0.39 is 0 Å². The third-order valence-electron chi connectivity index (χ3n) is 3.47. The van der Waals surface area contributed by atoms with E-state index in [1.54, 1.807) is 7.11 Å². The highest BCUT2D eigenvalue weighted by atomic mass is 16.5. The molecular formula is C15H23N3O2. The van der Waals surface area contributed by atoms with E-state index in [4.69, 9.17) is 4.74 Å². The van der Waals surface area contributed by atoms with Gasteiger partial charge in [-0.2, -0.15) is 0 Å². The maximum absolute atomic E-state index is 11.8. The van der Waals surface area contributed by atoms with Gasteiger partial charge in [-0.25, -0.2) is 0 Å². The molecule has 20 heavy (non-hydrogen) atoms. The fourth-order valence-electron chi connectivity index (χ4n) is 2.46. The number of aryl methyl sites for hydroxylation is 1. The molecule has 1 heterocycles. The van der Waals surface area contributed by atoms with Gasteiger partial charge in [-0.15, -0.1) is 0 Å². The summed E-state index contributed by atoms with van der Waals surface area (Å²) in [6.45, 7) is 2.44. The number of para-hydroxylation sites is 1. The number of carbonyl (C=O) groups excluding carboxylic acids is 1. The molecule has 0 radical (unpaired) electrons. The third kappa shape index (κ3) is 3.63. The second-order valence-corrected chi connectivity index (χ2v) is 5.04. The monoisotopic (exact) mass is 277 g/mol. The summed E-state index contributed by atoms with van der Waals surface area (Å²) in [6.07, 6.45) is 2.27. The Kier molecular flexibility index (Phi) is 5.24. The van der Waals surface area contributed by atoms with Crippen LogP contribution in [0.5, 0.6) is 0 Å². The number of methoxy groups -OCH3 is 1. The van der Waals surface area contributed by atoms with E-state index in [1.165, 1.54) is 11.3 Å². The van der Waals surface area contributed by atoms with Gasteiger partial charge in [-0.05, 0) is 24.5 Å². The fourth-order valence-corrected chi connectivity index (χ4v) is 2.46. The van der Waals surface area contributed by atoms with Crippen LogP contribution in [-0.4, -0.2) is 46.3 Å². The summed E-state index contributed by atoms with van der Waals surface area (Å²) in [5.74, 6) is 0.0120. The molecule has 110 valence electrons. The van der Waals surface area contributed by atoms with Crippen LogP contribution in [0.3, 0.4) is 0 Å². The van der Waals surface area contributed by atoms with Gasteiger partial charge in [0, 0.05) is 27.2 Å². The molecule has 0 saturated carbocycles. The van der Waals surface area contributed by atoms with Crippen molar-refractivity contribution < 1.29 is 9.53 Å². The minimum absolute atomic E-state index is 0.0120. The molecule has 0 saturated heterocycles. The van der Waals surface area contributed by atoms with Gasteiger partial charge in [0.15, 0.2) is 0 Å². The van der Waals surface area contributed by atoms with Gasteiger partial charge in [0.25, 0.3) is 0 Å². The minimum atomic E-state index is 0.0120. The summed E-state index contributed by atoms with van der Waals surface area (Å²) >= 11 is 0. The van der Waals surface area contributed by atoms with Crippen LogP contribution in [0.4, 0.5) is 11.4 Å². The van der Waals surface area contributed by atoms with Crippen LogP contribution < -0.4 is 15.5 Å². The predicted octanol–water partition coefficient (Wildman–Crippen LogP) is 1.24. The second-order valence-electron chi connectivity index (χ2n) is 5.04. The lowest BCUT2D eigenvalue weighted by Gasteiger charge is -2.27. The number of amides is 1. The molecule has 5 nitrogen and oxygen atoms in total. The van der Waals surface area contributed by atoms with Gasteiger partial charge >= 0.3 is 0 Å². The van der Waals surface area contributed by atoms with Gasteiger partial charge in [0.1, 0.15) is 0 Å². The normalized spacial score (nSPS) is 13.3. The number of anilines is 2. The average molecular weight is 277 g/mol. The summed E-state index contributed by atoms with van der Waals surface area (Å²) in [5.41, 5.74) is 3.59. The molecule has 0 bridgehead atoms. The maximum Gasteiger partial charge on any atom is 0.239 e. The molecule has 2 N–H and O–H groups in total. The number of carbonyl (C=O) groups is 1. The number of fused-ring (bicyclic) bond motifs is 1. The number of likely N-dealkylation sites (N-methyl/N-ethyl adjacent to an activating group) is 1. The Morgan fingerprint density at radius 1 is 1.50 bits per heavy atom. The van der Waals surface area contributed by atoms with Crippen LogP contribution in [0.25, 0.3) is 0 Å². The lowest BCUT2D eigenvalue weighted by atomic mass is 10.0. The van der Waals surface area contributed by atoms with Crippen LogP contribution in [-0.2, 0) is 16.0 Å². The first-order valence-corrected chi connectivity index (χ1v) is 7.05. The van der Waals surface area contributed by atoms with Crippen molar-refractivity contribution in [2.45, 2.75) is 12.8 Å². The SMILES string of the molecule is COCCNC(=O)CN(C)c1cccc2c1NCCC2. The lowest BCUT2D eigenvalue weighted by molar-refractivity contribution is -0.119. The standard InChI is InChI=1S/C15H23N3O2/c1-18(11-14(19)16-9-10-20-2)13-7-3-5-12-6-4-8-17-15(12)13/h3,5,7,17H,4,6,8-11H2,1-2H3,(H,16,19). The Labute approximate surface area is 120 Å². The van der Waals surface area contributed by atoms with E-state index in [0.29, 0.717) is 19.7 Å². The van der Waals surface area contributed by atoms with Crippen LogP contribution in [0.15, 0.2) is 18.2 Å². The van der Waals surface area contributed by atoms with Crippen LogP contribution in [0.1, 0.15) is 12.0 Å². The summed E-state index contributed by atoms with van der Waals surface area (Å²) in [7, 11) is 3.57. The minimum Gasteiger partial charge on any atom is -0.383 e. The van der Waals surface area contributed by atoms with Crippen molar-refractivity contribution in [3.8, 4) is 0 Å². The van der Waals surface area contributed by atoms with Gasteiger partial charge in [-0.1, -0.05) is 12.1 Å². The number of nitrogens with one attached hydrogen (secondary N) is 2. The van der Waals surface area contributed by atoms with Crippen LogP contribution >= 0.6 is 0 Å². The smallest absolute Gasteiger partial charge is 0.239 e. The Balaban J connectivity index is 1.98. The van der Waals surface area contributed by atoms with Crippen molar-refractivity contribution in [2.75, 3.05) is 50.6 Å². The zero-order valence-electron chi connectivity index (χ0n) is 12.2. The Morgan fingerprint density at radius 3 is 3.15 bits per heavy atom. The molecule has 5 heteroatoms. The molecule has 0 atom stereocenters. The van der Waals surface area contributed by atoms with E-state index in [1.807, 2.05) is 11.9 Å². The van der Waals surface area contributed by atoms with Crippen LogP contribution in [0.2, 0.25) is 0 Å². The highest BCUT2D eigenvalue weighted by molar-refractivity contribution is 5.84. The maximum atomic E-state index is 11.8. The van der Waals surface area contributed by atoms with Gasteiger partial charge in [-0.3, -0.25) is 4.79 Å². The first-order chi connectivity index (χ1) is 9.72. The van der Waals surface area contributed by atoms with Gasteiger partial charge in [0.2, 0.25) is 5.91 Å². The van der Waals surface area contributed by atoms with Crippen molar-refractivity contribution in [3.05, 3.63) is 23.8 Å². The molecule has 1 amide bonds. The molecule has 1 aliphatic heterocycles. The number of hydrogen-bond acceptors (Lipinski definition) is 4. The number of ether oxygens (including phenoxy) is 1. The lowest BCUT2D eigenvalue weighted by Crippen LogP contribution is -2.37. The largest absolute Gasteiger partial charge is 0.383 e. The predicted molar refractivity (Wildman–Crippen MR) is 81.4 cm³/mol. The quantitative estimate of drug-likeness (QED) is 0.768. The molecule has 0 spiro atoms. The highest BCUT2D eigenvalue weighted by Crippen LogP contribution is 2.32. The third-order valence-corrected chi connectivity index (χ3v) is 3.47. The van der Waals surface area contributed by atoms with E-state index >= 15 is 0 Å². The van der Waals surface area contributed by atoms with E-state index in [2.05, 4.69) is 28.8 Å². The summed E-state index contributed by atoms with van der Waals surface area (Å²) < 4.78 is 4.92. The zero-order valence-corrected chi connectivity index (χ0v) is 12.2. The van der Waals surface area contributed by atoms with Crippen LogP contribution in [0, 0.1) is 0 Å². The molecule has 0 unspecified atom stereocenters. The number of rotatable bonds is 6. The Morgan fingerprint density at radius 2 is 2.35 bits per heavy atom. The van der Waals surface area contributed by atoms with Crippen molar-refractivity contribution in [2.24, 2.45) is 0 Å². The summed E-state index contributed by atoms with van der Waals surface area (Å²) in [6, 6.07) is 6.26. The summed E-state index contributed by atoms with van der Waals surface area (Å²) in [5, 5.41) is 6.28. The van der Waals surface area contributed by atoms with Crippen molar-refractivity contribution >= 4 is 17.3 Å². The van der Waals surface area contributed by atoms with Crippen molar-refractivity contribution in [1.82, 2.24) is 5.32 Å². The molecule has 0 aromatic heterocycles. The van der Waals surface area contributed by atoms with E-state index in [9.17, 15) is 4.79 Å². The highest BCUT2D eigenvalue weighted by Gasteiger charge is 2.16. The molecule has 1 aromatic rings. The topological polar surface area (TPSA) is 53.6 Å². The molecule has 0 fully saturated rings. The number of nitrogens with zero attached hydrogens (tertiary/aromatic N) is 1. The van der Waals surface area contributed by atoms with E-state index in [-0.39, 0.29) is 5.91 Å². The molecular weight excluding hydrogens is 254 g/mol. The van der Waals surface area contributed by atoms with Crippen molar-refractivity contribution in [1.29, 1.82) is 0 Å². The molecule has 1 aromatic carbocycles. The second kappa shape index (κ2) is 7.14. The molecule has 1 aliphatic rings. The van der Waals surface area contributed by atoms with Gasteiger partial charge in [0.05, 0.1) is 24.5 Å². The van der Waals surface area contributed by atoms with Crippen molar-refractivity contribution in [3.63, 3.8) is 0 Å². The Bertz CT molecular complexity index is 462. The number of benzene rings is 1. The summed E-state index contributed by atoms with van der Waals surface area (Å²) in [4.78, 5) is 13.8. The zero-order chi connectivity index (χ0) is 14.4. The first-order valence-electron chi connectivity index (χ1n) is 7.05. The molecule has 0 aliphatic carbocycles. The van der Waals surface area contributed by atoms with E-state index in [0.717, 1.165) is 25.1 Å². The average Bonchev–Trinajstić information content (AvgIpc) is 2.47. The van der Waals surface area contributed by atoms with Gasteiger partial charge < -0.3 is 20.3 Å². The fraction of sp³-hybridized carbons (Fsp3) is 0.533.